The third-order valence-corrected chi connectivity index (χ3v) is 1.68. The van der Waals surface area contributed by atoms with Crippen molar-refractivity contribution in [2.45, 2.75) is 6.92 Å². The molecule has 1 aliphatic rings. The molecule has 0 aromatic rings. The van der Waals surface area contributed by atoms with Crippen LogP contribution in [0.15, 0.2) is 41.6 Å². The first-order valence-electron chi connectivity index (χ1n) is 4.27. The van der Waals surface area contributed by atoms with Gasteiger partial charge in [-0.15, -0.1) is 0 Å². The molecule has 0 saturated carbocycles. The van der Waals surface area contributed by atoms with Gasteiger partial charge in [0.1, 0.15) is 0 Å². The lowest BCUT2D eigenvalue weighted by atomic mass is 10.2. The largest absolute Gasteiger partial charge is 0.354 e. The Balaban J connectivity index is 2.45. The first-order valence-corrected chi connectivity index (χ1v) is 4.27. The van der Waals surface area contributed by atoms with Crippen LogP contribution in [0.3, 0.4) is 0 Å². The maximum Gasteiger partial charge on any atom is 0.195 e. The molecule has 1 rings (SSSR count). The lowest BCUT2D eigenvalue weighted by molar-refractivity contribution is 0.943. The predicted octanol–water partition coefficient (Wildman–Crippen LogP) is 1.18. The fourth-order valence-electron chi connectivity index (χ4n) is 1.00. The van der Waals surface area contributed by atoms with Gasteiger partial charge >= 0.3 is 0 Å². The molecule has 1 heterocycles. The van der Waals surface area contributed by atoms with Crippen LogP contribution >= 0.6 is 0 Å². The van der Waals surface area contributed by atoms with Crippen LogP contribution in [0.5, 0.6) is 0 Å². The molecule has 0 fully saturated rings. The number of rotatable bonds is 3. The molecule has 1 aliphatic heterocycles. The van der Waals surface area contributed by atoms with E-state index in [2.05, 4.69) is 28.8 Å². The van der Waals surface area contributed by atoms with E-state index in [-0.39, 0.29) is 0 Å². The highest BCUT2D eigenvalue weighted by atomic mass is 15.2. The number of hydrogen-bond donors (Lipinski definition) is 2. The zero-order valence-corrected chi connectivity index (χ0v) is 7.93. The van der Waals surface area contributed by atoms with Gasteiger partial charge in [0.2, 0.25) is 0 Å². The minimum Gasteiger partial charge on any atom is -0.354 e. The number of nitrogens with zero attached hydrogens (tertiary/aromatic N) is 1. The normalized spacial score (nSPS) is 16.1. The lowest BCUT2D eigenvalue weighted by Gasteiger charge is -2.05. The minimum atomic E-state index is 0.804. The van der Waals surface area contributed by atoms with E-state index in [9.17, 15) is 0 Å². The molecule has 0 aliphatic carbocycles. The van der Waals surface area contributed by atoms with Crippen LogP contribution in [-0.4, -0.2) is 19.0 Å². The maximum absolute atomic E-state index is 4.19. The molecule has 0 aromatic carbocycles. The highest BCUT2D eigenvalue weighted by Gasteiger charge is 2.03. The monoisotopic (exact) mass is 177 g/mol. The van der Waals surface area contributed by atoms with E-state index < -0.39 is 0 Å². The summed E-state index contributed by atoms with van der Waals surface area (Å²) < 4.78 is 0. The van der Waals surface area contributed by atoms with E-state index in [0.29, 0.717) is 0 Å². The van der Waals surface area contributed by atoms with Gasteiger partial charge in [0, 0.05) is 12.2 Å². The summed E-state index contributed by atoms with van der Waals surface area (Å²) in [5.41, 5.74) is 1.90. The Kier molecular flexibility index (Phi) is 3.31. The Morgan fingerprint density at radius 2 is 2.46 bits per heavy atom. The fraction of sp³-hybridized carbons (Fsp3) is 0.300. The average Bonchev–Trinajstić information content (AvgIpc) is 2.56. The van der Waals surface area contributed by atoms with Crippen LogP contribution in [0.2, 0.25) is 0 Å². The van der Waals surface area contributed by atoms with Crippen molar-refractivity contribution in [3.8, 4) is 0 Å². The Labute approximate surface area is 78.9 Å². The Hall–Kier alpha value is -1.51. The van der Waals surface area contributed by atoms with Gasteiger partial charge in [-0.25, -0.2) is 0 Å². The molecule has 0 radical (unpaired) electrons. The molecule has 0 bridgehead atoms. The topological polar surface area (TPSA) is 36.4 Å². The van der Waals surface area contributed by atoms with Crippen molar-refractivity contribution in [3.63, 3.8) is 0 Å². The summed E-state index contributed by atoms with van der Waals surface area (Å²) in [6.45, 7) is 11.2. The van der Waals surface area contributed by atoms with E-state index in [1.54, 1.807) is 6.08 Å². The van der Waals surface area contributed by atoms with Crippen LogP contribution in [-0.2, 0) is 0 Å². The molecule has 0 spiro atoms. The smallest absolute Gasteiger partial charge is 0.195 e. The Morgan fingerprint density at radius 1 is 1.69 bits per heavy atom. The SMILES string of the molecule is C=C/C(C)=C\C(=C)NC1=NCCN1. The summed E-state index contributed by atoms with van der Waals surface area (Å²) in [6.07, 6.45) is 3.71. The zero-order valence-electron chi connectivity index (χ0n) is 7.93. The number of hydrogen-bond acceptors (Lipinski definition) is 3. The van der Waals surface area contributed by atoms with Crippen LogP contribution in [0, 0.1) is 0 Å². The highest BCUT2D eigenvalue weighted by molar-refractivity contribution is 5.83. The predicted molar refractivity (Wildman–Crippen MR) is 56.5 cm³/mol. The molecule has 70 valence electrons. The molecular formula is C10H15N3. The first-order chi connectivity index (χ1) is 6.22. The molecule has 3 heteroatoms. The average molecular weight is 177 g/mol. The molecule has 3 nitrogen and oxygen atoms in total. The molecule has 13 heavy (non-hydrogen) atoms. The van der Waals surface area contributed by atoms with E-state index in [0.717, 1.165) is 30.3 Å². The van der Waals surface area contributed by atoms with E-state index in [4.69, 9.17) is 0 Å². The van der Waals surface area contributed by atoms with E-state index in [1.165, 1.54) is 0 Å². The Bertz CT molecular complexity index is 274. The van der Waals surface area contributed by atoms with Gasteiger partial charge in [0.25, 0.3) is 0 Å². The molecule has 0 saturated heterocycles. The second-order valence-corrected chi connectivity index (χ2v) is 2.90. The van der Waals surface area contributed by atoms with E-state index >= 15 is 0 Å². The lowest BCUT2D eigenvalue weighted by Crippen LogP contribution is -2.32. The Morgan fingerprint density at radius 3 is 3.00 bits per heavy atom. The molecule has 0 unspecified atom stereocenters. The summed E-state index contributed by atoms with van der Waals surface area (Å²) >= 11 is 0. The quantitative estimate of drug-likeness (QED) is 0.635. The summed E-state index contributed by atoms with van der Waals surface area (Å²) in [4.78, 5) is 4.19. The standard InChI is InChI=1S/C10H15N3/c1-4-8(2)7-9(3)13-10-11-5-6-12-10/h4,7H,1,3,5-6H2,2H3,(H2,11,12,13)/b8-7-. The van der Waals surface area contributed by atoms with Gasteiger partial charge < -0.3 is 10.6 Å². The van der Waals surface area contributed by atoms with Crippen LogP contribution < -0.4 is 10.6 Å². The second kappa shape index (κ2) is 4.50. The first kappa shape index (κ1) is 9.58. The summed E-state index contributed by atoms with van der Waals surface area (Å²) in [5, 5.41) is 6.17. The molecule has 0 aromatic heterocycles. The van der Waals surface area contributed by atoms with Crippen LogP contribution in [0.25, 0.3) is 0 Å². The third kappa shape index (κ3) is 3.15. The van der Waals surface area contributed by atoms with Crippen molar-refractivity contribution in [2.75, 3.05) is 13.1 Å². The maximum atomic E-state index is 4.19. The number of allylic oxidation sites excluding steroid dienone is 3. The van der Waals surface area contributed by atoms with Crippen LogP contribution in [0.1, 0.15) is 6.92 Å². The summed E-state index contributed by atoms with van der Waals surface area (Å²) in [5.74, 6) is 0.804. The molecule has 0 amide bonds. The molecular weight excluding hydrogens is 162 g/mol. The number of guanidine groups is 1. The summed E-state index contributed by atoms with van der Waals surface area (Å²) in [6, 6.07) is 0. The second-order valence-electron chi connectivity index (χ2n) is 2.90. The summed E-state index contributed by atoms with van der Waals surface area (Å²) in [7, 11) is 0. The minimum absolute atomic E-state index is 0.804. The van der Waals surface area contributed by atoms with Gasteiger partial charge in [-0.05, 0) is 18.6 Å². The van der Waals surface area contributed by atoms with Crippen molar-refractivity contribution in [1.29, 1.82) is 0 Å². The van der Waals surface area contributed by atoms with Crippen molar-refractivity contribution >= 4 is 5.96 Å². The number of nitrogens with one attached hydrogen (secondary N) is 2. The van der Waals surface area contributed by atoms with Crippen molar-refractivity contribution in [1.82, 2.24) is 10.6 Å². The van der Waals surface area contributed by atoms with Crippen molar-refractivity contribution < 1.29 is 0 Å². The van der Waals surface area contributed by atoms with Gasteiger partial charge in [-0.3, -0.25) is 4.99 Å². The van der Waals surface area contributed by atoms with Crippen molar-refractivity contribution in [3.05, 3.63) is 36.6 Å². The van der Waals surface area contributed by atoms with Crippen LogP contribution in [0.4, 0.5) is 0 Å². The number of aliphatic imine (C=N–C) groups is 1. The van der Waals surface area contributed by atoms with Gasteiger partial charge in [0.15, 0.2) is 5.96 Å². The van der Waals surface area contributed by atoms with Gasteiger partial charge in [0.05, 0.1) is 6.54 Å². The zero-order chi connectivity index (χ0) is 9.68. The highest BCUT2D eigenvalue weighted by Crippen LogP contribution is 1.98. The van der Waals surface area contributed by atoms with Crippen molar-refractivity contribution in [2.24, 2.45) is 4.99 Å². The van der Waals surface area contributed by atoms with E-state index in [1.807, 2.05) is 13.0 Å². The van der Waals surface area contributed by atoms with Gasteiger partial charge in [-0.2, -0.15) is 0 Å². The third-order valence-electron chi connectivity index (χ3n) is 1.68. The molecule has 2 N–H and O–H groups in total. The molecule has 0 atom stereocenters. The van der Waals surface area contributed by atoms with Gasteiger partial charge in [-0.1, -0.05) is 19.2 Å². The fourth-order valence-corrected chi connectivity index (χ4v) is 1.00.